The van der Waals surface area contributed by atoms with Gasteiger partial charge in [0.1, 0.15) is 0 Å². The van der Waals surface area contributed by atoms with Crippen LogP contribution >= 0.6 is 0 Å². The molecular formula is C9H18O. The Balaban J connectivity index is 1.87. The van der Waals surface area contributed by atoms with E-state index in [1.807, 2.05) is 0 Å². The van der Waals surface area contributed by atoms with Crippen molar-refractivity contribution in [1.82, 2.24) is 0 Å². The van der Waals surface area contributed by atoms with E-state index < -0.39 is 0 Å². The first-order valence-electron chi connectivity index (χ1n) is 4.54. The molecule has 0 saturated carbocycles. The lowest BCUT2D eigenvalue weighted by atomic mass is 10.1. The summed E-state index contributed by atoms with van der Waals surface area (Å²) in [5.41, 5.74) is 0. The highest BCUT2D eigenvalue weighted by Crippen LogP contribution is 2.29. The van der Waals surface area contributed by atoms with E-state index in [9.17, 15) is 0 Å². The molecule has 1 rings (SSSR count). The number of hydrogen-bond donors (Lipinski definition) is 0. The smallest absolute Gasteiger partial charge is 0.0841 e. The standard InChI is InChI=1S/C9H18O/c1-3-5-6-7-9-8(4-2)10-9/h8-9H,3-7H2,1-2H3/t8-,9-/m0/s1. The number of epoxide rings is 1. The molecule has 10 heavy (non-hydrogen) atoms. The fourth-order valence-electron chi connectivity index (χ4n) is 1.39. The molecule has 1 heteroatoms. The second-order valence-electron chi connectivity index (χ2n) is 3.12. The maximum absolute atomic E-state index is 5.41. The zero-order valence-corrected chi connectivity index (χ0v) is 7.10. The lowest BCUT2D eigenvalue weighted by molar-refractivity contribution is 0.355. The van der Waals surface area contributed by atoms with Gasteiger partial charge in [0.25, 0.3) is 0 Å². The lowest BCUT2D eigenvalue weighted by Crippen LogP contribution is -1.91. The van der Waals surface area contributed by atoms with Crippen molar-refractivity contribution in [2.45, 2.75) is 58.2 Å². The predicted molar refractivity (Wildman–Crippen MR) is 43.1 cm³/mol. The second kappa shape index (κ2) is 3.97. The molecule has 1 nitrogen and oxygen atoms in total. The van der Waals surface area contributed by atoms with Gasteiger partial charge in [0.05, 0.1) is 12.2 Å². The highest BCUT2D eigenvalue weighted by atomic mass is 16.6. The molecular weight excluding hydrogens is 124 g/mol. The fourth-order valence-corrected chi connectivity index (χ4v) is 1.39. The number of unbranched alkanes of at least 4 members (excludes halogenated alkanes) is 2. The molecule has 0 aliphatic carbocycles. The average molecular weight is 142 g/mol. The highest BCUT2D eigenvalue weighted by molar-refractivity contribution is 4.82. The molecule has 1 aliphatic heterocycles. The molecule has 1 heterocycles. The van der Waals surface area contributed by atoms with Gasteiger partial charge in [-0.25, -0.2) is 0 Å². The van der Waals surface area contributed by atoms with Gasteiger partial charge in [-0.15, -0.1) is 0 Å². The minimum Gasteiger partial charge on any atom is -0.370 e. The van der Waals surface area contributed by atoms with Crippen LogP contribution in [-0.4, -0.2) is 12.2 Å². The van der Waals surface area contributed by atoms with Gasteiger partial charge >= 0.3 is 0 Å². The molecule has 1 fully saturated rings. The minimum absolute atomic E-state index is 0.622. The molecule has 0 bridgehead atoms. The van der Waals surface area contributed by atoms with Gasteiger partial charge in [-0.2, -0.15) is 0 Å². The Morgan fingerprint density at radius 3 is 2.40 bits per heavy atom. The third-order valence-corrected chi connectivity index (χ3v) is 2.18. The van der Waals surface area contributed by atoms with E-state index in [1.165, 1.54) is 32.1 Å². The highest BCUT2D eigenvalue weighted by Gasteiger charge is 2.35. The molecule has 2 atom stereocenters. The Morgan fingerprint density at radius 1 is 1.10 bits per heavy atom. The molecule has 0 spiro atoms. The maximum atomic E-state index is 5.41. The zero-order chi connectivity index (χ0) is 7.40. The quantitative estimate of drug-likeness (QED) is 0.425. The summed E-state index contributed by atoms with van der Waals surface area (Å²) < 4.78 is 5.41. The van der Waals surface area contributed by atoms with Crippen LogP contribution in [0.3, 0.4) is 0 Å². The van der Waals surface area contributed by atoms with E-state index in [-0.39, 0.29) is 0 Å². The van der Waals surface area contributed by atoms with Crippen molar-refractivity contribution in [3.8, 4) is 0 Å². The van der Waals surface area contributed by atoms with Gasteiger partial charge in [-0.05, 0) is 12.8 Å². The Bertz CT molecular complexity index is 90.7. The molecule has 0 aromatic carbocycles. The van der Waals surface area contributed by atoms with Crippen molar-refractivity contribution in [2.75, 3.05) is 0 Å². The van der Waals surface area contributed by atoms with Crippen LogP contribution < -0.4 is 0 Å². The maximum Gasteiger partial charge on any atom is 0.0841 e. The third-order valence-electron chi connectivity index (χ3n) is 2.18. The Morgan fingerprint density at radius 2 is 1.90 bits per heavy atom. The van der Waals surface area contributed by atoms with Gasteiger partial charge in [-0.1, -0.05) is 33.1 Å². The van der Waals surface area contributed by atoms with Crippen molar-refractivity contribution in [3.63, 3.8) is 0 Å². The number of hydrogen-bond acceptors (Lipinski definition) is 1. The van der Waals surface area contributed by atoms with E-state index in [1.54, 1.807) is 0 Å². The van der Waals surface area contributed by atoms with Gasteiger partial charge < -0.3 is 4.74 Å². The summed E-state index contributed by atoms with van der Waals surface area (Å²) in [7, 11) is 0. The Labute approximate surface area is 63.8 Å². The van der Waals surface area contributed by atoms with Crippen LogP contribution in [0.5, 0.6) is 0 Å². The monoisotopic (exact) mass is 142 g/mol. The first kappa shape index (κ1) is 8.06. The third kappa shape index (κ3) is 2.30. The van der Waals surface area contributed by atoms with Crippen LogP contribution in [0.2, 0.25) is 0 Å². The molecule has 1 aliphatic rings. The van der Waals surface area contributed by atoms with Crippen LogP contribution in [-0.2, 0) is 4.74 Å². The van der Waals surface area contributed by atoms with Crippen LogP contribution in [0, 0.1) is 0 Å². The van der Waals surface area contributed by atoms with E-state index in [0.29, 0.717) is 12.2 Å². The van der Waals surface area contributed by atoms with Crippen molar-refractivity contribution in [3.05, 3.63) is 0 Å². The summed E-state index contributed by atoms with van der Waals surface area (Å²) in [5, 5.41) is 0. The Kier molecular flexibility index (Phi) is 3.20. The van der Waals surface area contributed by atoms with Gasteiger partial charge in [0.2, 0.25) is 0 Å². The van der Waals surface area contributed by atoms with Crippen LogP contribution in [0.1, 0.15) is 46.0 Å². The molecule has 0 N–H and O–H groups in total. The summed E-state index contributed by atoms with van der Waals surface area (Å²) >= 11 is 0. The fraction of sp³-hybridized carbons (Fsp3) is 1.00. The van der Waals surface area contributed by atoms with E-state index in [4.69, 9.17) is 4.74 Å². The van der Waals surface area contributed by atoms with Crippen molar-refractivity contribution in [2.24, 2.45) is 0 Å². The van der Waals surface area contributed by atoms with Gasteiger partial charge in [0, 0.05) is 0 Å². The molecule has 0 unspecified atom stereocenters. The number of ether oxygens (including phenoxy) is 1. The largest absolute Gasteiger partial charge is 0.370 e. The summed E-state index contributed by atoms with van der Waals surface area (Å²) in [6.07, 6.45) is 7.81. The molecule has 1 saturated heterocycles. The van der Waals surface area contributed by atoms with Gasteiger partial charge in [0.15, 0.2) is 0 Å². The molecule has 0 aromatic heterocycles. The van der Waals surface area contributed by atoms with Crippen molar-refractivity contribution < 1.29 is 4.74 Å². The normalized spacial score (nSPS) is 30.6. The number of rotatable bonds is 5. The minimum atomic E-state index is 0.622. The van der Waals surface area contributed by atoms with E-state index >= 15 is 0 Å². The first-order chi connectivity index (χ1) is 4.88. The second-order valence-corrected chi connectivity index (χ2v) is 3.12. The molecule has 0 aromatic rings. The predicted octanol–water partition coefficient (Wildman–Crippen LogP) is 2.74. The average Bonchev–Trinajstić information content (AvgIpc) is 2.68. The van der Waals surface area contributed by atoms with Gasteiger partial charge in [-0.3, -0.25) is 0 Å². The SMILES string of the molecule is CCCCC[C@@H]1O[C@H]1CC. The summed E-state index contributed by atoms with van der Waals surface area (Å²) in [4.78, 5) is 0. The van der Waals surface area contributed by atoms with Crippen LogP contribution in [0.25, 0.3) is 0 Å². The summed E-state index contributed by atoms with van der Waals surface area (Å²) in [6.45, 7) is 4.44. The van der Waals surface area contributed by atoms with Crippen molar-refractivity contribution >= 4 is 0 Å². The van der Waals surface area contributed by atoms with Crippen LogP contribution in [0.4, 0.5) is 0 Å². The van der Waals surface area contributed by atoms with Crippen molar-refractivity contribution in [1.29, 1.82) is 0 Å². The zero-order valence-electron chi connectivity index (χ0n) is 7.10. The molecule has 0 amide bonds. The first-order valence-corrected chi connectivity index (χ1v) is 4.54. The summed E-state index contributed by atoms with van der Waals surface area (Å²) in [5.74, 6) is 0. The topological polar surface area (TPSA) is 12.5 Å². The Hall–Kier alpha value is -0.0400. The van der Waals surface area contributed by atoms with E-state index in [2.05, 4.69) is 13.8 Å². The van der Waals surface area contributed by atoms with E-state index in [0.717, 1.165) is 0 Å². The van der Waals surface area contributed by atoms with Crippen LogP contribution in [0.15, 0.2) is 0 Å². The summed E-state index contributed by atoms with van der Waals surface area (Å²) in [6, 6.07) is 0. The molecule has 0 radical (unpaired) electrons. The molecule has 60 valence electrons. The lowest BCUT2D eigenvalue weighted by Gasteiger charge is -1.92.